The number of rotatable bonds is 5. The average Bonchev–Trinajstić information content (AvgIpc) is 3.23. The number of halogens is 2. The van der Waals surface area contributed by atoms with E-state index in [1.165, 1.54) is 12.1 Å². The van der Waals surface area contributed by atoms with Gasteiger partial charge in [-0.05, 0) is 42.6 Å². The van der Waals surface area contributed by atoms with Crippen LogP contribution in [0.25, 0.3) is 10.8 Å². The van der Waals surface area contributed by atoms with Gasteiger partial charge in [0, 0.05) is 42.3 Å². The maximum absolute atomic E-state index is 14.4. The second kappa shape index (κ2) is 8.22. The van der Waals surface area contributed by atoms with Crippen molar-refractivity contribution in [2.75, 3.05) is 38.7 Å². The molecule has 2 aliphatic heterocycles. The average molecular weight is 443 g/mol. The van der Waals surface area contributed by atoms with E-state index in [2.05, 4.69) is 20.4 Å². The van der Waals surface area contributed by atoms with Crippen molar-refractivity contribution in [1.29, 1.82) is 0 Å². The Balaban J connectivity index is 1.64. The predicted molar refractivity (Wildman–Crippen MR) is 119 cm³/mol. The lowest BCUT2D eigenvalue weighted by molar-refractivity contribution is 0.158. The molecular formula is C23H24ClFN4O2. The van der Waals surface area contributed by atoms with Crippen molar-refractivity contribution < 1.29 is 9.13 Å². The van der Waals surface area contributed by atoms with Crippen molar-refractivity contribution in [3.05, 3.63) is 68.8 Å². The summed E-state index contributed by atoms with van der Waals surface area (Å²) in [4.78, 5) is 14.8. The summed E-state index contributed by atoms with van der Waals surface area (Å²) in [6.45, 7) is 3.45. The molecule has 0 spiro atoms. The first-order valence-corrected chi connectivity index (χ1v) is 10.9. The van der Waals surface area contributed by atoms with E-state index in [4.69, 9.17) is 16.3 Å². The number of methoxy groups -OCH3 is 1. The zero-order valence-electron chi connectivity index (χ0n) is 17.2. The minimum absolute atomic E-state index is 0.0386. The molecule has 2 aromatic carbocycles. The number of aromatic nitrogens is 2. The van der Waals surface area contributed by atoms with E-state index in [0.29, 0.717) is 34.0 Å². The maximum Gasteiger partial charge on any atom is 0.272 e. The Morgan fingerprint density at radius 1 is 1.32 bits per heavy atom. The Hall–Kier alpha value is -2.48. The highest BCUT2D eigenvalue weighted by Gasteiger charge is 2.41. The third-order valence-electron chi connectivity index (χ3n) is 6.53. The molecule has 0 amide bonds. The minimum atomic E-state index is -0.444. The number of ether oxygens (including phenoxy) is 1. The molecule has 6 nitrogen and oxygen atoms in total. The van der Waals surface area contributed by atoms with Crippen LogP contribution in [0, 0.1) is 11.7 Å². The van der Waals surface area contributed by atoms with Crippen LogP contribution in [0.15, 0.2) is 41.2 Å². The molecule has 1 aromatic heterocycles. The van der Waals surface area contributed by atoms with Crippen LogP contribution < -0.4 is 10.9 Å². The molecule has 2 N–H and O–H groups in total. The fourth-order valence-corrected chi connectivity index (χ4v) is 5.35. The lowest BCUT2D eigenvalue weighted by atomic mass is 9.77. The number of hydrogen-bond acceptors (Lipinski definition) is 5. The number of nitrogens with zero attached hydrogens (tertiary/aromatic N) is 2. The van der Waals surface area contributed by atoms with Crippen LogP contribution in [-0.2, 0) is 4.74 Å². The lowest BCUT2D eigenvalue weighted by Crippen LogP contribution is -2.41. The number of benzene rings is 2. The quantitative estimate of drug-likeness (QED) is 0.631. The topological polar surface area (TPSA) is 70.2 Å². The molecule has 0 radical (unpaired) electrons. The van der Waals surface area contributed by atoms with Gasteiger partial charge in [0.2, 0.25) is 0 Å². The first kappa shape index (κ1) is 20.4. The number of aromatic amines is 1. The largest absolute Gasteiger partial charge is 0.383 e. The molecule has 0 aliphatic carbocycles. The molecule has 3 aromatic rings. The van der Waals surface area contributed by atoms with Crippen LogP contribution in [0.4, 0.5) is 10.1 Å². The van der Waals surface area contributed by atoms with Crippen LogP contribution in [-0.4, -0.2) is 54.5 Å². The molecule has 162 valence electrons. The molecular weight excluding hydrogens is 419 g/mol. The van der Waals surface area contributed by atoms with Crippen LogP contribution in [0.2, 0.25) is 5.02 Å². The highest BCUT2D eigenvalue weighted by atomic mass is 35.5. The number of H-pyrrole nitrogens is 1. The molecule has 3 heterocycles. The molecule has 2 aliphatic rings. The van der Waals surface area contributed by atoms with E-state index in [0.717, 1.165) is 37.3 Å². The van der Waals surface area contributed by atoms with Crippen molar-refractivity contribution in [2.24, 2.45) is 5.92 Å². The third kappa shape index (κ3) is 3.60. The zero-order valence-corrected chi connectivity index (χ0v) is 18.0. The van der Waals surface area contributed by atoms with Gasteiger partial charge in [0.25, 0.3) is 5.56 Å². The maximum atomic E-state index is 14.4. The number of hydrogen-bond donors (Lipinski definition) is 2. The standard InChI is InChI=1S/C23H24ClFN4O2/c1-31-9-8-29-7-6-13(12-29)21-20(15-4-2-3-5-17(15)24)22-19-16(23(30)28-27-22)10-14(25)11-18(19)26-21/h2-5,10-11,13,20-21,26H,6-9,12H2,1H3,(H,28,30)/t13-,20+,21+/m1/s1. The molecule has 1 fully saturated rings. The lowest BCUT2D eigenvalue weighted by Gasteiger charge is -2.38. The Morgan fingerprint density at radius 3 is 2.97 bits per heavy atom. The van der Waals surface area contributed by atoms with Crippen molar-refractivity contribution in [3.63, 3.8) is 0 Å². The van der Waals surface area contributed by atoms with Crippen molar-refractivity contribution in [3.8, 4) is 0 Å². The Kier molecular flexibility index (Phi) is 5.42. The van der Waals surface area contributed by atoms with E-state index in [1.54, 1.807) is 7.11 Å². The van der Waals surface area contributed by atoms with Gasteiger partial charge >= 0.3 is 0 Å². The highest BCUT2D eigenvalue weighted by Crippen LogP contribution is 2.45. The summed E-state index contributed by atoms with van der Waals surface area (Å²) in [5, 5.41) is 12.2. The van der Waals surface area contributed by atoms with Gasteiger partial charge in [0.1, 0.15) is 5.82 Å². The second-order valence-electron chi connectivity index (χ2n) is 8.33. The van der Waals surface area contributed by atoms with Gasteiger partial charge in [0.05, 0.1) is 23.6 Å². The summed E-state index contributed by atoms with van der Waals surface area (Å²) in [5.41, 5.74) is 1.90. The fraction of sp³-hybridized carbons (Fsp3) is 0.391. The van der Waals surface area contributed by atoms with Gasteiger partial charge in [-0.1, -0.05) is 29.8 Å². The van der Waals surface area contributed by atoms with Crippen molar-refractivity contribution in [1.82, 2.24) is 15.1 Å². The van der Waals surface area contributed by atoms with Gasteiger partial charge < -0.3 is 15.0 Å². The van der Waals surface area contributed by atoms with E-state index in [-0.39, 0.29) is 12.0 Å². The molecule has 8 heteroatoms. The SMILES string of the molecule is COCCN1CC[C@@H]([C@@H]2Nc3cc(F)cc4c(=O)[nH]nc(c34)[C@H]2c2ccccc2Cl)C1. The van der Waals surface area contributed by atoms with Gasteiger partial charge in [-0.3, -0.25) is 4.79 Å². The molecule has 31 heavy (non-hydrogen) atoms. The van der Waals surface area contributed by atoms with E-state index in [9.17, 15) is 9.18 Å². The normalized spacial score (nSPS) is 23.3. The summed E-state index contributed by atoms with van der Waals surface area (Å²) in [5.74, 6) is -0.308. The Labute approximate surface area is 184 Å². The third-order valence-corrected chi connectivity index (χ3v) is 6.87. The molecule has 5 rings (SSSR count). The number of likely N-dealkylation sites (tertiary alicyclic amines) is 1. The van der Waals surface area contributed by atoms with Crippen LogP contribution >= 0.6 is 11.6 Å². The second-order valence-corrected chi connectivity index (χ2v) is 8.73. The monoisotopic (exact) mass is 442 g/mol. The number of anilines is 1. The predicted octanol–water partition coefficient (Wildman–Crippen LogP) is 3.61. The van der Waals surface area contributed by atoms with E-state index < -0.39 is 11.4 Å². The van der Waals surface area contributed by atoms with Gasteiger partial charge in [-0.2, -0.15) is 5.10 Å². The number of nitrogens with one attached hydrogen (secondary N) is 2. The van der Waals surface area contributed by atoms with Crippen molar-refractivity contribution in [2.45, 2.75) is 18.4 Å². The van der Waals surface area contributed by atoms with Crippen LogP contribution in [0.5, 0.6) is 0 Å². The highest BCUT2D eigenvalue weighted by molar-refractivity contribution is 6.31. The van der Waals surface area contributed by atoms with E-state index in [1.807, 2.05) is 24.3 Å². The first-order valence-electron chi connectivity index (χ1n) is 10.5. The summed E-state index contributed by atoms with van der Waals surface area (Å²) < 4.78 is 19.6. The zero-order chi connectivity index (χ0) is 21.5. The van der Waals surface area contributed by atoms with Gasteiger partial charge in [-0.15, -0.1) is 0 Å². The molecule has 0 saturated carbocycles. The summed E-state index contributed by atoms with van der Waals surface area (Å²) in [6, 6.07) is 10.4. The summed E-state index contributed by atoms with van der Waals surface area (Å²) in [6.07, 6.45) is 0.999. The van der Waals surface area contributed by atoms with Crippen molar-refractivity contribution >= 4 is 28.1 Å². The van der Waals surface area contributed by atoms with E-state index >= 15 is 0 Å². The van der Waals surface area contributed by atoms with Gasteiger partial charge in [-0.25, -0.2) is 9.49 Å². The Morgan fingerprint density at radius 2 is 2.16 bits per heavy atom. The fourth-order valence-electron chi connectivity index (χ4n) is 5.10. The molecule has 0 unspecified atom stereocenters. The van der Waals surface area contributed by atoms with Crippen LogP contribution in [0.1, 0.15) is 23.6 Å². The molecule has 0 bridgehead atoms. The first-order chi connectivity index (χ1) is 15.1. The summed E-state index contributed by atoms with van der Waals surface area (Å²) in [7, 11) is 1.71. The molecule has 1 saturated heterocycles. The van der Waals surface area contributed by atoms with Gasteiger partial charge in [0.15, 0.2) is 0 Å². The Bertz CT molecular complexity index is 1180. The minimum Gasteiger partial charge on any atom is -0.383 e. The van der Waals surface area contributed by atoms with Crippen LogP contribution in [0.3, 0.4) is 0 Å². The smallest absolute Gasteiger partial charge is 0.272 e. The molecule has 3 atom stereocenters. The summed E-state index contributed by atoms with van der Waals surface area (Å²) >= 11 is 6.63.